The number of guanidine groups is 2. The number of nitrogens with two attached hydrogens (primary N) is 8. The third-order valence-corrected chi connectivity index (χ3v) is 17.6. The van der Waals surface area contributed by atoms with Gasteiger partial charge in [-0.3, -0.25) is 81.9 Å². The fourth-order valence-corrected chi connectivity index (χ4v) is 11.1. The molecular weight excluding hydrogens is 1430 g/mol. The molecule has 14 unspecified atom stereocenters. The Morgan fingerprint density at radius 1 is 0.427 bits per heavy atom. The number of unbranched alkanes of at least 4 members (excludes halogenated alkanes) is 1. The van der Waals surface area contributed by atoms with Crippen LogP contribution in [-0.2, 0) is 78.3 Å². The lowest BCUT2D eigenvalue weighted by Crippen LogP contribution is -2.61. The molecule has 30 N–H and O–H groups in total. The van der Waals surface area contributed by atoms with Crippen LogP contribution in [0.15, 0.2) is 40.3 Å². The average Bonchev–Trinajstić information content (AvgIpc) is 0.866. The summed E-state index contributed by atoms with van der Waals surface area (Å²) in [5.74, 6) is -16.8. The summed E-state index contributed by atoms with van der Waals surface area (Å²) in [6.45, 7) is 16.1. The summed E-state index contributed by atoms with van der Waals surface area (Å²) in [5.41, 5.74) is 45.1. The molecule has 0 aliphatic carbocycles. The normalized spacial score (nSPS) is 15.0. The van der Waals surface area contributed by atoms with Crippen LogP contribution in [0.3, 0.4) is 0 Å². The molecular formula is C71H124N22O17. The number of aliphatic hydroxyl groups excluding tert-OH is 1. The van der Waals surface area contributed by atoms with Crippen molar-refractivity contribution in [3.05, 3.63) is 35.9 Å². The van der Waals surface area contributed by atoms with E-state index in [4.69, 9.17) is 45.9 Å². The smallest absolute Gasteiger partial charge is 0.305 e. The number of primary amides is 2. The lowest BCUT2D eigenvalue weighted by molar-refractivity contribution is -0.141. The third kappa shape index (κ3) is 39.2. The zero-order valence-electron chi connectivity index (χ0n) is 65.1. The van der Waals surface area contributed by atoms with Crippen molar-refractivity contribution in [3.63, 3.8) is 0 Å². The van der Waals surface area contributed by atoms with Crippen molar-refractivity contribution < 1.29 is 82.1 Å². The van der Waals surface area contributed by atoms with E-state index in [0.717, 1.165) is 0 Å². The van der Waals surface area contributed by atoms with Gasteiger partial charge in [0.2, 0.25) is 82.7 Å². The molecule has 0 saturated heterocycles. The van der Waals surface area contributed by atoms with E-state index in [1.54, 1.807) is 92.6 Å². The predicted octanol–water partition coefficient (Wildman–Crippen LogP) is -5.31. The Kier molecular flexibility index (Phi) is 46.1. The van der Waals surface area contributed by atoms with Crippen molar-refractivity contribution >= 4 is 101 Å². The summed E-state index contributed by atoms with van der Waals surface area (Å²) in [4.78, 5) is 214. The Balaban J connectivity index is 3.60. The molecule has 1 aromatic carbocycles. The number of aliphatic imine (C=N–C) groups is 2. The summed E-state index contributed by atoms with van der Waals surface area (Å²) in [7, 11) is 0. The van der Waals surface area contributed by atoms with Gasteiger partial charge in [-0.25, -0.2) is 0 Å². The van der Waals surface area contributed by atoms with Crippen molar-refractivity contribution in [2.75, 3.05) is 32.8 Å². The van der Waals surface area contributed by atoms with Gasteiger partial charge in [-0.15, -0.1) is 0 Å². The van der Waals surface area contributed by atoms with Gasteiger partial charge in [0.05, 0.1) is 25.6 Å². The molecule has 0 bridgehead atoms. The minimum Gasteiger partial charge on any atom is -0.481 e. The second-order valence-corrected chi connectivity index (χ2v) is 28.6. The number of carboxylic acids is 1. The molecule has 1 aromatic rings. The molecule has 39 nitrogen and oxygen atoms in total. The largest absolute Gasteiger partial charge is 0.481 e. The number of benzene rings is 1. The molecule has 0 heterocycles. The summed E-state index contributed by atoms with van der Waals surface area (Å²) >= 11 is 0. The number of hydrogen-bond acceptors (Lipinski definition) is 20. The maximum absolute atomic E-state index is 14.6. The number of nitrogens with one attached hydrogen (secondary N) is 12. The molecule has 620 valence electrons. The fraction of sp³-hybridized carbons (Fsp3) is 0.676. The van der Waals surface area contributed by atoms with Gasteiger partial charge in [0.15, 0.2) is 11.9 Å². The maximum Gasteiger partial charge on any atom is 0.305 e. The van der Waals surface area contributed by atoms with Crippen LogP contribution in [0.5, 0.6) is 0 Å². The molecule has 1 rings (SSSR count). The number of carboxylic acid groups (broad SMARTS) is 1. The molecule has 0 aliphatic heterocycles. The van der Waals surface area contributed by atoms with Crippen LogP contribution in [0.25, 0.3) is 0 Å². The number of aliphatic carboxylic acids is 1. The Morgan fingerprint density at radius 3 is 1.30 bits per heavy atom. The van der Waals surface area contributed by atoms with Crippen LogP contribution in [0, 0.1) is 29.6 Å². The average molecular weight is 1560 g/mol. The minimum absolute atomic E-state index is 0.0173. The van der Waals surface area contributed by atoms with E-state index in [-0.39, 0.29) is 101 Å². The number of amides is 14. The third-order valence-electron chi connectivity index (χ3n) is 17.6. The minimum atomic E-state index is -2.03. The zero-order chi connectivity index (χ0) is 83.5. The molecule has 0 aromatic heterocycles. The van der Waals surface area contributed by atoms with E-state index in [1.807, 2.05) is 6.92 Å². The van der Waals surface area contributed by atoms with E-state index < -0.39 is 205 Å². The quantitative estimate of drug-likeness (QED) is 0.0165. The van der Waals surface area contributed by atoms with E-state index in [2.05, 4.69) is 73.8 Å². The molecule has 0 radical (unpaired) electrons. The van der Waals surface area contributed by atoms with Crippen molar-refractivity contribution in [2.45, 2.75) is 244 Å². The van der Waals surface area contributed by atoms with Crippen LogP contribution >= 0.6 is 0 Å². The Bertz CT molecular complexity index is 3240. The number of aliphatic hydroxyl groups is 1. The summed E-state index contributed by atoms with van der Waals surface area (Å²) in [6.07, 6.45) is -0.318. The summed E-state index contributed by atoms with van der Waals surface area (Å²) in [5, 5.41) is 50.9. The molecule has 14 atom stereocenters. The lowest BCUT2D eigenvalue weighted by atomic mass is 9.96. The highest BCUT2D eigenvalue weighted by Gasteiger charge is 2.38. The van der Waals surface area contributed by atoms with Gasteiger partial charge in [-0.05, 0) is 112 Å². The van der Waals surface area contributed by atoms with Gasteiger partial charge in [-0.2, -0.15) is 0 Å². The highest BCUT2D eigenvalue weighted by Crippen LogP contribution is 2.16. The van der Waals surface area contributed by atoms with Gasteiger partial charge in [0.25, 0.3) is 0 Å². The molecule has 39 heteroatoms. The predicted molar refractivity (Wildman–Crippen MR) is 409 cm³/mol. The molecule has 110 heavy (non-hydrogen) atoms. The maximum atomic E-state index is 14.6. The first kappa shape index (κ1) is 97.7. The van der Waals surface area contributed by atoms with Crippen molar-refractivity contribution in [3.8, 4) is 0 Å². The standard InChI is InChI=1S/C71H124N22O17/c1-11-40(9)56(93-62(103)44(23-16-17-27-72)86-69(110)57(41(10)12-2)92-59(100)43(73)22-18-28-80-70(76)77)68(109)82-35-54(96)83-48(31-38(5)6)63(104)89-50(33-42-20-14-13-15-21-42)65(106)90-51(34-55(97)98)66(107)85-46(25-26-53(74)95)61(102)88-49(32-39(7)8)64(105)91-52(36-94)67(108)84-45(24-19-29-81-71(78)79)60(101)87-47(58(75)99)30-37(3)4/h13-15,20-21,37-41,43-52,56-57,94H,11-12,16-19,22-36,72-73H2,1-10H3,(H2,74,95)(H2,75,99)(H,82,109)(H,83,96)(H,84,108)(H,85,107)(H,86,110)(H,87,101)(H,88,102)(H,89,104)(H,90,106)(H,91,105)(H,92,100)(H,93,103)(H,97,98)(H4,76,77,80)(H4,78,79,81). The van der Waals surface area contributed by atoms with Gasteiger partial charge in [0, 0.05) is 25.9 Å². The second kappa shape index (κ2) is 51.9. The number of hydrogen-bond donors (Lipinski definition) is 22. The van der Waals surface area contributed by atoms with Crippen LogP contribution in [-0.4, -0.2) is 216 Å². The Morgan fingerprint density at radius 2 is 0.818 bits per heavy atom. The zero-order valence-corrected chi connectivity index (χ0v) is 65.1. The first-order valence-electron chi connectivity index (χ1n) is 37.3. The monoisotopic (exact) mass is 1560 g/mol. The van der Waals surface area contributed by atoms with Gasteiger partial charge in [0.1, 0.15) is 66.5 Å². The number of rotatable bonds is 55. The van der Waals surface area contributed by atoms with Gasteiger partial charge >= 0.3 is 5.97 Å². The molecule has 0 saturated carbocycles. The van der Waals surface area contributed by atoms with Crippen LogP contribution in [0.2, 0.25) is 0 Å². The summed E-state index contributed by atoms with van der Waals surface area (Å²) in [6, 6.07) is -9.26. The second-order valence-electron chi connectivity index (χ2n) is 28.6. The topological polar surface area (TPSA) is 674 Å². The first-order chi connectivity index (χ1) is 51.7. The van der Waals surface area contributed by atoms with Crippen LogP contribution in [0.4, 0.5) is 0 Å². The van der Waals surface area contributed by atoms with Crippen LogP contribution in [0.1, 0.15) is 171 Å². The van der Waals surface area contributed by atoms with Crippen molar-refractivity contribution in [1.29, 1.82) is 0 Å². The van der Waals surface area contributed by atoms with Crippen LogP contribution < -0.4 is 110 Å². The van der Waals surface area contributed by atoms with Gasteiger partial charge in [-0.1, -0.05) is 112 Å². The molecule has 0 fully saturated rings. The van der Waals surface area contributed by atoms with Crippen molar-refractivity contribution in [2.24, 2.45) is 85.4 Å². The van der Waals surface area contributed by atoms with E-state index in [0.29, 0.717) is 37.7 Å². The van der Waals surface area contributed by atoms with E-state index >= 15 is 0 Å². The number of carbonyl (C=O) groups is 15. The highest BCUT2D eigenvalue weighted by atomic mass is 16.4. The number of carbonyl (C=O) groups excluding carboxylic acids is 14. The SMILES string of the molecule is CCC(C)C(NC(=O)C(N)CCCN=C(N)N)C(=O)NC(CCCCN)C(=O)NC(C(=O)NCC(=O)NC(CC(C)C)C(=O)NC(Cc1ccccc1)C(=O)NC(CC(=O)O)C(=O)NC(CCC(N)=O)C(=O)NC(CC(C)C)C(=O)NC(CO)C(=O)NC(CCCN=C(N)N)C(=O)NC(CC(C)C)C(N)=O)C(C)CC. The van der Waals surface area contributed by atoms with E-state index in [9.17, 15) is 82.1 Å². The number of nitrogens with zero attached hydrogens (tertiary/aromatic N) is 2. The van der Waals surface area contributed by atoms with Crippen molar-refractivity contribution in [1.82, 2.24) is 63.8 Å². The Labute approximate surface area is 642 Å². The highest BCUT2D eigenvalue weighted by molar-refractivity contribution is 6.00. The van der Waals surface area contributed by atoms with E-state index in [1.165, 1.54) is 0 Å². The first-order valence-corrected chi connectivity index (χ1v) is 37.3. The molecule has 14 amide bonds. The Hall–Kier alpha value is -10.3. The van der Waals surface area contributed by atoms with Gasteiger partial charge < -0.3 is 120 Å². The molecule has 0 aliphatic rings. The fourth-order valence-electron chi connectivity index (χ4n) is 11.1. The lowest BCUT2D eigenvalue weighted by Gasteiger charge is -2.29. The molecule has 0 spiro atoms. The summed E-state index contributed by atoms with van der Waals surface area (Å²) < 4.78 is 0.